The van der Waals surface area contributed by atoms with E-state index in [1.807, 2.05) is 40.8 Å². The highest BCUT2D eigenvalue weighted by atomic mass is 16.2. The van der Waals surface area contributed by atoms with Crippen LogP contribution in [-0.2, 0) is 6.54 Å². The summed E-state index contributed by atoms with van der Waals surface area (Å²) in [5.74, 6) is 0.0254. The number of carbonyl (C=O) groups excluding carboxylic acids is 1. The molecule has 1 unspecified atom stereocenters. The van der Waals surface area contributed by atoms with Crippen molar-refractivity contribution in [3.63, 3.8) is 0 Å². The molecule has 142 valence electrons. The van der Waals surface area contributed by atoms with E-state index in [4.69, 9.17) is 4.98 Å². The number of pyridine rings is 1. The van der Waals surface area contributed by atoms with E-state index in [0.29, 0.717) is 12.1 Å². The molecule has 0 radical (unpaired) electrons. The molecule has 0 aliphatic rings. The molecule has 1 aromatic carbocycles. The summed E-state index contributed by atoms with van der Waals surface area (Å²) in [5.41, 5.74) is 3.36. The van der Waals surface area contributed by atoms with Gasteiger partial charge in [0, 0.05) is 24.0 Å². The number of nitrogens with zero attached hydrogens (tertiary/aromatic N) is 4. The van der Waals surface area contributed by atoms with Gasteiger partial charge >= 0.3 is 0 Å². The molecule has 1 amide bonds. The predicted octanol–water partition coefficient (Wildman–Crippen LogP) is 4.76. The van der Waals surface area contributed by atoms with Crippen molar-refractivity contribution in [1.29, 1.82) is 0 Å². The minimum absolute atomic E-state index is 0.0254. The Balaban J connectivity index is 1.99. The lowest BCUT2D eigenvalue weighted by atomic mass is 10.1. The molecule has 0 N–H and O–H groups in total. The fourth-order valence-corrected chi connectivity index (χ4v) is 3.24. The maximum atomic E-state index is 13.4. The van der Waals surface area contributed by atoms with Crippen LogP contribution in [0.1, 0.15) is 61.8 Å². The summed E-state index contributed by atoms with van der Waals surface area (Å²) in [6.45, 7) is 10.9. The highest BCUT2D eigenvalue weighted by Gasteiger charge is 2.24. The summed E-state index contributed by atoms with van der Waals surface area (Å²) in [6.07, 6.45) is 2.70. The lowest BCUT2D eigenvalue weighted by Gasteiger charge is -2.29. The Hall–Kier alpha value is -2.69. The van der Waals surface area contributed by atoms with Gasteiger partial charge in [-0.1, -0.05) is 37.3 Å². The summed E-state index contributed by atoms with van der Waals surface area (Å²) in [6, 6.07) is 12.4. The van der Waals surface area contributed by atoms with Crippen LogP contribution >= 0.6 is 0 Å². The summed E-state index contributed by atoms with van der Waals surface area (Å²) < 4.78 is 1.90. The number of hydrogen-bond acceptors (Lipinski definition) is 3. The normalized spacial score (nSPS) is 12.5. The van der Waals surface area contributed by atoms with Crippen molar-refractivity contribution in [1.82, 2.24) is 19.7 Å². The first-order chi connectivity index (χ1) is 12.9. The smallest absolute Gasteiger partial charge is 0.256 e. The van der Waals surface area contributed by atoms with Gasteiger partial charge in [0.1, 0.15) is 0 Å². The highest BCUT2D eigenvalue weighted by molar-refractivity contribution is 5.98. The van der Waals surface area contributed by atoms with E-state index in [1.165, 1.54) is 0 Å². The molecular weight excluding hydrogens is 336 g/mol. The van der Waals surface area contributed by atoms with Gasteiger partial charge in [-0.15, -0.1) is 0 Å². The predicted molar refractivity (Wildman–Crippen MR) is 109 cm³/mol. The zero-order valence-corrected chi connectivity index (χ0v) is 16.8. The third-order valence-electron chi connectivity index (χ3n) is 5.06. The van der Waals surface area contributed by atoms with Gasteiger partial charge < -0.3 is 4.90 Å². The SMILES string of the molecule is CCC(C)N(Cc1ccccc1)C(=O)c1cc2cnn(C(C)C)c2nc1C. The van der Waals surface area contributed by atoms with Crippen LogP contribution in [0.4, 0.5) is 0 Å². The van der Waals surface area contributed by atoms with E-state index in [1.54, 1.807) is 6.20 Å². The van der Waals surface area contributed by atoms with E-state index in [9.17, 15) is 4.79 Å². The summed E-state index contributed by atoms with van der Waals surface area (Å²) in [4.78, 5) is 20.1. The topological polar surface area (TPSA) is 51.0 Å². The second-order valence-electron chi connectivity index (χ2n) is 7.39. The largest absolute Gasteiger partial charge is 0.332 e. The molecule has 0 aliphatic heterocycles. The average molecular weight is 364 g/mol. The van der Waals surface area contributed by atoms with Gasteiger partial charge in [-0.3, -0.25) is 4.79 Å². The van der Waals surface area contributed by atoms with Gasteiger partial charge in [-0.05, 0) is 45.7 Å². The third kappa shape index (κ3) is 3.87. The Morgan fingerprint density at radius 3 is 2.52 bits per heavy atom. The van der Waals surface area contributed by atoms with Crippen molar-refractivity contribution in [3.05, 3.63) is 59.4 Å². The van der Waals surface area contributed by atoms with Crippen molar-refractivity contribution in [2.24, 2.45) is 0 Å². The van der Waals surface area contributed by atoms with Crippen LogP contribution in [0.15, 0.2) is 42.6 Å². The molecule has 5 heteroatoms. The zero-order chi connectivity index (χ0) is 19.6. The number of aryl methyl sites for hydroxylation is 1. The van der Waals surface area contributed by atoms with Crippen LogP contribution in [-0.4, -0.2) is 31.6 Å². The summed E-state index contributed by atoms with van der Waals surface area (Å²) in [7, 11) is 0. The molecule has 2 heterocycles. The molecule has 3 aromatic rings. The van der Waals surface area contributed by atoms with E-state index in [2.05, 4.69) is 44.9 Å². The van der Waals surface area contributed by atoms with Gasteiger partial charge in [-0.2, -0.15) is 5.10 Å². The maximum absolute atomic E-state index is 13.4. The number of hydrogen-bond donors (Lipinski definition) is 0. The molecular formula is C22H28N4O. The van der Waals surface area contributed by atoms with Gasteiger partial charge in [0.25, 0.3) is 5.91 Å². The van der Waals surface area contributed by atoms with Crippen molar-refractivity contribution < 1.29 is 4.79 Å². The number of carbonyl (C=O) groups is 1. The molecule has 0 spiro atoms. The Labute approximate surface area is 161 Å². The molecule has 0 fully saturated rings. The first-order valence-electron chi connectivity index (χ1n) is 9.62. The first-order valence-corrected chi connectivity index (χ1v) is 9.62. The van der Waals surface area contributed by atoms with Crippen LogP contribution < -0.4 is 0 Å². The summed E-state index contributed by atoms with van der Waals surface area (Å²) >= 11 is 0. The quantitative estimate of drug-likeness (QED) is 0.633. The number of aromatic nitrogens is 3. The maximum Gasteiger partial charge on any atom is 0.256 e. The molecule has 0 saturated carbocycles. The summed E-state index contributed by atoms with van der Waals surface area (Å²) in [5, 5.41) is 5.33. The standard InChI is InChI=1S/C22H28N4O/c1-6-16(4)25(14-18-10-8-7-9-11-18)22(27)20-12-19-13-23-26(15(2)3)21(19)24-17(20)5/h7-13,15-16H,6,14H2,1-5H3. The van der Waals surface area contributed by atoms with Crippen LogP contribution in [0, 0.1) is 6.92 Å². The molecule has 0 bridgehead atoms. The van der Waals surface area contributed by atoms with Crippen LogP contribution in [0.5, 0.6) is 0 Å². The van der Waals surface area contributed by atoms with Gasteiger partial charge in [-0.25, -0.2) is 9.67 Å². The monoisotopic (exact) mass is 364 g/mol. The number of amides is 1. The molecule has 0 saturated heterocycles. The molecule has 1 atom stereocenters. The Bertz CT molecular complexity index is 930. The van der Waals surface area contributed by atoms with E-state index >= 15 is 0 Å². The third-order valence-corrected chi connectivity index (χ3v) is 5.06. The van der Waals surface area contributed by atoms with E-state index in [0.717, 1.165) is 28.7 Å². The van der Waals surface area contributed by atoms with Crippen molar-refractivity contribution in [2.45, 2.75) is 59.7 Å². The molecule has 3 rings (SSSR count). The van der Waals surface area contributed by atoms with Crippen molar-refractivity contribution in [3.8, 4) is 0 Å². The van der Waals surface area contributed by atoms with E-state index in [-0.39, 0.29) is 18.0 Å². The fraction of sp³-hybridized carbons (Fsp3) is 0.409. The number of fused-ring (bicyclic) bond motifs is 1. The highest BCUT2D eigenvalue weighted by Crippen LogP contribution is 2.22. The van der Waals surface area contributed by atoms with Gasteiger partial charge in [0.2, 0.25) is 0 Å². The molecule has 0 aliphatic carbocycles. The second kappa shape index (κ2) is 7.91. The number of benzene rings is 1. The second-order valence-corrected chi connectivity index (χ2v) is 7.39. The van der Waals surface area contributed by atoms with Crippen LogP contribution in [0.2, 0.25) is 0 Å². The Morgan fingerprint density at radius 2 is 1.89 bits per heavy atom. The first kappa shape index (κ1) is 19.1. The minimum atomic E-state index is 0.0254. The lowest BCUT2D eigenvalue weighted by molar-refractivity contribution is 0.0670. The fourth-order valence-electron chi connectivity index (χ4n) is 3.24. The van der Waals surface area contributed by atoms with Crippen molar-refractivity contribution in [2.75, 3.05) is 0 Å². The van der Waals surface area contributed by atoms with Gasteiger partial charge in [0.15, 0.2) is 5.65 Å². The molecule has 27 heavy (non-hydrogen) atoms. The Morgan fingerprint density at radius 1 is 1.19 bits per heavy atom. The lowest BCUT2D eigenvalue weighted by Crippen LogP contribution is -2.38. The zero-order valence-electron chi connectivity index (χ0n) is 16.8. The van der Waals surface area contributed by atoms with Gasteiger partial charge in [0.05, 0.1) is 17.5 Å². The Kier molecular flexibility index (Phi) is 5.59. The van der Waals surface area contributed by atoms with Crippen LogP contribution in [0.25, 0.3) is 11.0 Å². The van der Waals surface area contributed by atoms with E-state index < -0.39 is 0 Å². The van der Waals surface area contributed by atoms with Crippen molar-refractivity contribution >= 4 is 16.9 Å². The minimum Gasteiger partial charge on any atom is -0.332 e. The van der Waals surface area contributed by atoms with Crippen LogP contribution in [0.3, 0.4) is 0 Å². The molecule has 2 aromatic heterocycles. The average Bonchev–Trinajstić information content (AvgIpc) is 3.08. The number of rotatable bonds is 6. The molecule has 5 nitrogen and oxygen atoms in total.